The molecule has 1 N–H and O–H groups in total. The number of para-hydroxylation sites is 1. The second-order valence-electron chi connectivity index (χ2n) is 5.53. The van der Waals surface area contributed by atoms with Crippen LogP contribution in [0, 0.1) is 6.92 Å². The van der Waals surface area contributed by atoms with Crippen molar-refractivity contribution in [2.45, 2.75) is 26.3 Å². The number of fused-ring (bicyclic) bond motifs is 1. The van der Waals surface area contributed by atoms with E-state index in [1.165, 1.54) is 11.6 Å². The third-order valence-electron chi connectivity index (χ3n) is 4.12. The highest BCUT2D eigenvalue weighted by atomic mass is 16.4. The Bertz CT molecular complexity index is 733. The molecule has 0 saturated heterocycles. The number of carbonyl (C=O) groups excluding carboxylic acids is 1. The Balaban J connectivity index is 1.88. The summed E-state index contributed by atoms with van der Waals surface area (Å²) in [4.78, 5) is 25.7. The van der Waals surface area contributed by atoms with E-state index in [1.54, 1.807) is 15.5 Å². The van der Waals surface area contributed by atoms with Crippen molar-refractivity contribution in [2.75, 3.05) is 11.4 Å². The molecule has 3 rings (SSSR count). The molecule has 0 atom stereocenters. The molecule has 1 aromatic heterocycles. The Morgan fingerprint density at radius 1 is 1.18 bits per heavy atom. The van der Waals surface area contributed by atoms with Crippen LogP contribution in [-0.2, 0) is 17.8 Å². The number of benzene rings is 1. The van der Waals surface area contributed by atoms with Gasteiger partial charge in [0.15, 0.2) is 0 Å². The Kier molecular flexibility index (Phi) is 3.71. The largest absolute Gasteiger partial charge is 0.477 e. The van der Waals surface area contributed by atoms with E-state index in [9.17, 15) is 14.7 Å². The zero-order valence-corrected chi connectivity index (χ0v) is 12.5. The number of aryl methyl sites for hydroxylation is 2. The summed E-state index contributed by atoms with van der Waals surface area (Å²) >= 11 is 0. The minimum atomic E-state index is -1.01. The van der Waals surface area contributed by atoms with E-state index in [1.807, 2.05) is 31.2 Å². The van der Waals surface area contributed by atoms with Crippen LogP contribution in [0.2, 0.25) is 0 Å². The summed E-state index contributed by atoms with van der Waals surface area (Å²) in [6, 6.07) is 11.2. The van der Waals surface area contributed by atoms with Crippen molar-refractivity contribution < 1.29 is 14.7 Å². The summed E-state index contributed by atoms with van der Waals surface area (Å²) in [7, 11) is 0. The maximum Gasteiger partial charge on any atom is 0.352 e. The lowest BCUT2D eigenvalue weighted by Gasteiger charge is -2.30. The standard InChI is InChI=1S/C17H18N2O3/c1-12-8-9-15(17(21)22)19(12)11-16(20)18-10-4-6-13-5-2-3-7-14(13)18/h2-3,5,7-9H,4,6,10-11H2,1H3,(H,21,22). The molecule has 0 bridgehead atoms. The van der Waals surface area contributed by atoms with Gasteiger partial charge in [0.25, 0.3) is 0 Å². The Morgan fingerprint density at radius 3 is 2.73 bits per heavy atom. The highest BCUT2D eigenvalue weighted by molar-refractivity contribution is 5.95. The summed E-state index contributed by atoms with van der Waals surface area (Å²) < 4.78 is 1.56. The number of aromatic nitrogens is 1. The first-order chi connectivity index (χ1) is 10.6. The molecule has 0 unspecified atom stereocenters. The fourth-order valence-electron chi connectivity index (χ4n) is 2.98. The molecule has 1 aromatic carbocycles. The number of carbonyl (C=O) groups is 2. The zero-order valence-electron chi connectivity index (χ0n) is 12.5. The van der Waals surface area contributed by atoms with Gasteiger partial charge in [-0.2, -0.15) is 0 Å². The quantitative estimate of drug-likeness (QED) is 0.947. The number of carboxylic acid groups (broad SMARTS) is 1. The molecule has 0 radical (unpaired) electrons. The molecule has 1 aliphatic rings. The molecular weight excluding hydrogens is 280 g/mol. The molecule has 2 heterocycles. The van der Waals surface area contributed by atoms with E-state index in [0.717, 1.165) is 24.2 Å². The smallest absolute Gasteiger partial charge is 0.352 e. The van der Waals surface area contributed by atoms with Crippen LogP contribution >= 0.6 is 0 Å². The van der Waals surface area contributed by atoms with Crippen LogP contribution in [0.3, 0.4) is 0 Å². The van der Waals surface area contributed by atoms with Crippen molar-refractivity contribution in [1.82, 2.24) is 4.57 Å². The number of amides is 1. The molecule has 1 aliphatic heterocycles. The molecule has 0 spiro atoms. The minimum Gasteiger partial charge on any atom is -0.477 e. The molecule has 0 saturated carbocycles. The molecule has 2 aromatic rings. The van der Waals surface area contributed by atoms with Gasteiger partial charge < -0.3 is 14.6 Å². The van der Waals surface area contributed by atoms with Crippen molar-refractivity contribution in [3.05, 3.63) is 53.3 Å². The van der Waals surface area contributed by atoms with E-state index in [4.69, 9.17) is 0 Å². The van der Waals surface area contributed by atoms with Crippen molar-refractivity contribution in [3.63, 3.8) is 0 Å². The molecule has 5 nitrogen and oxygen atoms in total. The van der Waals surface area contributed by atoms with Gasteiger partial charge in [0.2, 0.25) is 5.91 Å². The first kappa shape index (κ1) is 14.4. The maximum absolute atomic E-state index is 12.7. The van der Waals surface area contributed by atoms with E-state index in [2.05, 4.69) is 0 Å². The van der Waals surface area contributed by atoms with Crippen LogP contribution in [-0.4, -0.2) is 28.1 Å². The Labute approximate surface area is 128 Å². The molecule has 1 amide bonds. The van der Waals surface area contributed by atoms with E-state index < -0.39 is 5.97 Å². The summed E-state index contributed by atoms with van der Waals surface area (Å²) in [5.74, 6) is -1.09. The molecule has 5 heteroatoms. The van der Waals surface area contributed by atoms with Gasteiger partial charge in [0.05, 0.1) is 0 Å². The Hall–Kier alpha value is -2.56. The molecular formula is C17H18N2O3. The Morgan fingerprint density at radius 2 is 1.95 bits per heavy atom. The van der Waals surface area contributed by atoms with Crippen LogP contribution in [0.1, 0.15) is 28.2 Å². The number of aromatic carboxylic acids is 1. The fraction of sp³-hybridized carbons (Fsp3) is 0.294. The van der Waals surface area contributed by atoms with Gasteiger partial charge >= 0.3 is 5.97 Å². The van der Waals surface area contributed by atoms with Crippen LogP contribution < -0.4 is 4.90 Å². The molecule has 114 valence electrons. The highest BCUT2D eigenvalue weighted by Crippen LogP contribution is 2.27. The average molecular weight is 298 g/mol. The maximum atomic E-state index is 12.7. The first-order valence-electron chi connectivity index (χ1n) is 7.35. The topological polar surface area (TPSA) is 62.5 Å². The van der Waals surface area contributed by atoms with Crippen LogP contribution in [0.25, 0.3) is 0 Å². The van der Waals surface area contributed by atoms with Crippen LogP contribution in [0.4, 0.5) is 5.69 Å². The SMILES string of the molecule is Cc1ccc(C(=O)O)n1CC(=O)N1CCCc2ccccc21. The second-order valence-corrected chi connectivity index (χ2v) is 5.53. The van der Waals surface area contributed by atoms with Crippen molar-refractivity contribution in [3.8, 4) is 0 Å². The third-order valence-corrected chi connectivity index (χ3v) is 4.12. The van der Waals surface area contributed by atoms with Crippen LogP contribution in [0.5, 0.6) is 0 Å². The first-order valence-corrected chi connectivity index (χ1v) is 7.35. The zero-order chi connectivity index (χ0) is 15.7. The lowest BCUT2D eigenvalue weighted by Crippen LogP contribution is -2.38. The summed E-state index contributed by atoms with van der Waals surface area (Å²) in [5.41, 5.74) is 3.04. The number of anilines is 1. The second kappa shape index (κ2) is 5.67. The minimum absolute atomic E-state index is 0.0504. The summed E-state index contributed by atoms with van der Waals surface area (Å²) in [5, 5.41) is 9.21. The fourth-order valence-corrected chi connectivity index (χ4v) is 2.98. The van der Waals surface area contributed by atoms with E-state index in [-0.39, 0.29) is 18.1 Å². The number of nitrogens with zero attached hydrogens (tertiary/aromatic N) is 2. The van der Waals surface area contributed by atoms with Gasteiger partial charge in [-0.1, -0.05) is 18.2 Å². The predicted octanol–water partition coefficient (Wildman–Crippen LogP) is 2.47. The van der Waals surface area contributed by atoms with E-state index in [0.29, 0.717) is 6.54 Å². The summed E-state index contributed by atoms with van der Waals surface area (Å²) in [6.07, 6.45) is 1.90. The predicted molar refractivity (Wildman–Crippen MR) is 83.2 cm³/mol. The van der Waals surface area contributed by atoms with Gasteiger partial charge in [-0.05, 0) is 43.5 Å². The lowest BCUT2D eigenvalue weighted by atomic mass is 10.0. The third kappa shape index (κ3) is 2.50. The van der Waals surface area contributed by atoms with Gasteiger partial charge in [-0.25, -0.2) is 4.79 Å². The van der Waals surface area contributed by atoms with Crippen molar-refractivity contribution in [2.24, 2.45) is 0 Å². The monoisotopic (exact) mass is 298 g/mol. The van der Waals surface area contributed by atoms with Crippen LogP contribution in [0.15, 0.2) is 36.4 Å². The average Bonchev–Trinajstić information content (AvgIpc) is 2.88. The van der Waals surface area contributed by atoms with Gasteiger partial charge in [0, 0.05) is 17.9 Å². The summed E-state index contributed by atoms with van der Waals surface area (Å²) in [6.45, 7) is 2.54. The number of rotatable bonds is 3. The van der Waals surface area contributed by atoms with Crippen molar-refractivity contribution >= 4 is 17.6 Å². The molecule has 0 aliphatic carbocycles. The highest BCUT2D eigenvalue weighted by Gasteiger charge is 2.24. The van der Waals surface area contributed by atoms with Crippen molar-refractivity contribution in [1.29, 1.82) is 0 Å². The molecule has 22 heavy (non-hydrogen) atoms. The normalized spacial score (nSPS) is 13.8. The van der Waals surface area contributed by atoms with Gasteiger partial charge in [0.1, 0.15) is 12.2 Å². The van der Waals surface area contributed by atoms with Gasteiger partial charge in [-0.3, -0.25) is 4.79 Å². The number of carboxylic acids is 1. The van der Waals surface area contributed by atoms with Gasteiger partial charge in [-0.15, -0.1) is 0 Å². The van der Waals surface area contributed by atoms with E-state index >= 15 is 0 Å². The number of hydrogen-bond acceptors (Lipinski definition) is 2. The molecule has 0 fully saturated rings. The lowest BCUT2D eigenvalue weighted by molar-refractivity contribution is -0.119. The number of hydrogen-bond donors (Lipinski definition) is 1.